The third kappa shape index (κ3) is 2.22. The van der Waals surface area contributed by atoms with Gasteiger partial charge in [0.2, 0.25) is 5.52 Å². The smallest absolute Gasteiger partial charge is 0.220 e. The van der Waals surface area contributed by atoms with Crippen LogP contribution in [0.4, 0.5) is 0 Å². The van der Waals surface area contributed by atoms with Crippen LogP contribution >= 0.6 is 19.7 Å². The van der Waals surface area contributed by atoms with E-state index < -0.39 is 0 Å². The SMILES string of the molecule is c1ccc2c(c1)OCc1c-2cccc1-c1csc2ccc3c([pH][n+]4ccccc34)c12. The van der Waals surface area contributed by atoms with Gasteiger partial charge in [0, 0.05) is 38.9 Å². The standard InChI is InChI=1S/C26H17NOPS/c1-2-10-23-18(6-1)16-7-5-8-17(20(16)14-28-23)21-15-30-24-12-11-19-22-9-3-4-13-27(22)29-26(19)25(21)24/h1-13,15,29H,14H2/q+1. The molecule has 3 aromatic heterocycles. The third-order valence-corrected chi connectivity index (χ3v) is 8.45. The molecule has 3 aromatic carbocycles. The lowest BCUT2D eigenvalue weighted by atomic mass is 9.90. The van der Waals surface area contributed by atoms with Crippen LogP contribution in [-0.4, -0.2) is 0 Å². The molecule has 30 heavy (non-hydrogen) atoms. The van der Waals surface area contributed by atoms with Crippen molar-refractivity contribution < 1.29 is 8.90 Å². The summed E-state index contributed by atoms with van der Waals surface area (Å²) < 4.78 is 9.89. The average Bonchev–Trinajstić information content (AvgIpc) is 3.40. The number of para-hydroxylation sites is 1. The van der Waals surface area contributed by atoms with Crippen LogP contribution in [0.2, 0.25) is 0 Å². The van der Waals surface area contributed by atoms with E-state index in [0.29, 0.717) is 15.0 Å². The summed E-state index contributed by atoms with van der Waals surface area (Å²) in [7, 11) is 0.634. The zero-order valence-electron chi connectivity index (χ0n) is 16.1. The lowest BCUT2D eigenvalue weighted by Crippen LogP contribution is -2.10. The van der Waals surface area contributed by atoms with Crippen LogP contribution in [0.3, 0.4) is 0 Å². The molecule has 6 aromatic rings. The Morgan fingerprint density at radius 1 is 0.800 bits per heavy atom. The first-order valence-corrected chi connectivity index (χ1v) is 11.9. The molecule has 1 unspecified atom stereocenters. The maximum atomic E-state index is 6.15. The highest BCUT2D eigenvalue weighted by atomic mass is 32.1. The van der Waals surface area contributed by atoms with E-state index in [1.807, 2.05) is 17.4 Å². The summed E-state index contributed by atoms with van der Waals surface area (Å²) in [6.07, 6.45) is 2.20. The highest BCUT2D eigenvalue weighted by Crippen LogP contribution is 2.46. The van der Waals surface area contributed by atoms with Gasteiger partial charge in [0.1, 0.15) is 20.7 Å². The third-order valence-electron chi connectivity index (χ3n) is 6.12. The number of hydrogen-bond acceptors (Lipinski definition) is 2. The minimum atomic E-state index is 0.617. The van der Waals surface area contributed by atoms with Crippen molar-refractivity contribution in [3.63, 3.8) is 0 Å². The summed E-state index contributed by atoms with van der Waals surface area (Å²) >= 11 is 1.84. The van der Waals surface area contributed by atoms with Gasteiger partial charge in [-0.3, -0.25) is 0 Å². The van der Waals surface area contributed by atoms with Crippen LogP contribution in [0.15, 0.2) is 84.4 Å². The molecule has 4 heterocycles. The van der Waals surface area contributed by atoms with E-state index in [0.717, 1.165) is 5.75 Å². The number of pyridine rings is 1. The van der Waals surface area contributed by atoms with Crippen LogP contribution in [0, 0.1) is 0 Å². The monoisotopic (exact) mass is 422 g/mol. The number of ether oxygens (including phenoxy) is 1. The number of fused-ring (bicyclic) bond motifs is 8. The summed E-state index contributed by atoms with van der Waals surface area (Å²) in [5, 5.41) is 6.57. The Morgan fingerprint density at radius 2 is 1.63 bits per heavy atom. The van der Waals surface area contributed by atoms with Crippen molar-refractivity contribution in [3.05, 3.63) is 89.9 Å². The molecule has 7 rings (SSSR count). The maximum absolute atomic E-state index is 6.15. The number of hydrogen-bond donors (Lipinski definition) is 0. The zero-order valence-corrected chi connectivity index (χ0v) is 17.9. The van der Waals surface area contributed by atoms with E-state index in [9.17, 15) is 0 Å². The molecule has 1 aliphatic rings. The van der Waals surface area contributed by atoms with Crippen molar-refractivity contribution in [1.82, 2.24) is 0 Å². The van der Waals surface area contributed by atoms with Crippen molar-refractivity contribution in [3.8, 4) is 28.0 Å². The molecule has 4 heteroatoms. The van der Waals surface area contributed by atoms with Crippen LogP contribution in [0.25, 0.3) is 48.4 Å². The second-order valence-corrected chi connectivity index (χ2v) is 9.81. The minimum Gasteiger partial charge on any atom is -0.488 e. The predicted molar refractivity (Wildman–Crippen MR) is 127 cm³/mol. The first-order chi connectivity index (χ1) is 14.9. The van der Waals surface area contributed by atoms with Crippen molar-refractivity contribution in [2.24, 2.45) is 0 Å². The van der Waals surface area contributed by atoms with E-state index in [-0.39, 0.29) is 0 Å². The summed E-state index contributed by atoms with van der Waals surface area (Å²) in [6, 6.07) is 26.1. The quantitative estimate of drug-likeness (QED) is 0.277. The maximum Gasteiger partial charge on any atom is 0.220 e. The van der Waals surface area contributed by atoms with Gasteiger partial charge >= 0.3 is 0 Å². The van der Waals surface area contributed by atoms with Crippen LogP contribution in [-0.2, 0) is 6.61 Å². The molecule has 0 saturated heterocycles. The Kier molecular flexibility index (Phi) is 3.43. The number of thiophene rings is 1. The van der Waals surface area contributed by atoms with Gasteiger partial charge in [-0.2, -0.15) is 4.16 Å². The van der Waals surface area contributed by atoms with Gasteiger partial charge in [-0.05, 0) is 40.8 Å². The first kappa shape index (κ1) is 16.6. The highest BCUT2D eigenvalue weighted by Gasteiger charge is 2.23. The first-order valence-electron chi connectivity index (χ1n) is 10.1. The Hall–Kier alpha value is -3.13. The fourth-order valence-corrected chi connectivity index (χ4v) is 7.24. The molecule has 0 N–H and O–H groups in total. The van der Waals surface area contributed by atoms with Crippen LogP contribution in [0.1, 0.15) is 5.56 Å². The number of nitrogens with zero attached hydrogens (tertiary/aromatic N) is 1. The molecule has 1 aliphatic heterocycles. The van der Waals surface area contributed by atoms with Gasteiger partial charge in [0.05, 0.1) is 10.5 Å². The van der Waals surface area contributed by atoms with Gasteiger partial charge < -0.3 is 4.74 Å². The number of aromatic nitrogens is 1. The van der Waals surface area contributed by atoms with E-state index >= 15 is 0 Å². The molecule has 0 saturated carbocycles. The second-order valence-electron chi connectivity index (χ2n) is 7.69. The van der Waals surface area contributed by atoms with Crippen molar-refractivity contribution in [2.75, 3.05) is 0 Å². The second kappa shape index (κ2) is 6.18. The Labute approximate surface area is 179 Å². The lowest BCUT2D eigenvalue weighted by Gasteiger charge is -2.23. The van der Waals surface area contributed by atoms with E-state index in [4.69, 9.17) is 4.74 Å². The minimum absolute atomic E-state index is 0.617. The van der Waals surface area contributed by atoms with Crippen molar-refractivity contribution in [2.45, 2.75) is 6.61 Å². The van der Waals surface area contributed by atoms with E-state index in [1.165, 1.54) is 53.9 Å². The van der Waals surface area contributed by atoms with Crippen LogP contribution < -0.4 is 8.90 Å². The summed E-state index contributed by atoms with van der Waals surface area (Å²) in [5.41, 5.74) is 7.73. The van der Waals surface area contributed by atoms with Crippen molar-refractivity contribution >= 4 is 45.8 Å². The molecule has 2 nitrogen and oxygen atoms in total. The van der Waals surface area contributed by atoms with E-state index in [1.54, 1.807) is 0 Å². The fraction of sp³-hybridized carbons (Fsp3) is 0.0385. The fourth-order valence-electron chi connectivity index (χ4n) is 4.75. The summed E-state index contributed by atoms with van der Waals surface area (Å²) in [6.45, 7) is 0.617. The average molecular weight is 422 g/mol. The normalized spacial score (nSPS) is 13.1. The molecule has 142 valence electrons. The molecular formula is C26H17NOPS+. The molecular weight excluding hydrogens is 405 g/mol. The van der Waals surface area contributed by atoms with Crippen LogP contribution in [0.5, 0.6) is 5.75 Å². The van der Waals surface area contributed by atoms with Gasteiger partial charge in [0.15, 0.2) is 6.20 Å². The molecule has 0 spiro atoms. The number of rotatable bonds is 1. The molecule has 0 bridgehead atoms. The molecule has 0 amide bonds. The van der Waals surface area contributed by atoms with Crippen molar-refractivity contribution in [1.29, 1.82) is 0 Å². The van der Waals surface area contributed by atoms with Gasteiger partial charge in [-0.15, -0.1) is 11.3 Å². The molecule has 0 radical (unpaired) electrons. The van der Waals surface area contributed by atoms with Gasteiger partial charge in [-0.1, -0.05) is 36.4 Å². The summed E-state index contributed by atoms with van der Waals surface area (Å²) in [5.74, 6) is 0.978. The highest BCUT2D eigenvalue weighted by molar-refractivity contribution is 7.31. The number of benzene rings is 3. The van der Waals surface area contributed by atoms with Gasteiger partial charge in [-0.25, -0.2) is 0 Å². The molecule has 1 atom stereocenters. The lowest BCUT2D eigenvalue weighted by molar-refractivity contribution is -0.428. The largest absolute Gasteiger partial charge is 0.488 e. The topological polar surface area (TPSA) is 13.3 Å². The Morgan fingerprint density at radius 3 is 2.60 bits per heavy atom. The van der Waals surface area contributed by atoms with Gasteiger partial charge in [0.25, 0.3) is 0 Å². The molecule has 0 aliphatic carbocycles. The zero-order chi connectivity index (χ0) is 19.7. The molecule has 0 fully saturated rings. The van der Waals surface area contributed by atoms with E-state index in [2.05, 4.69) is 82.5 Å². The summed E-state index contributed by atoms with van der Waals surface area (Å²) in [4.78, 5) is 0. The Bertz CT molecular complexity index is 1610. The Balaban J connectivity index is 1.56. The predicted octanol–water partition coefficient (Wildman–Crippen LogP) is 7.05.